The third-order valence-electron chi connectivity index (χ3n) is 1.74. The van der Waals surface area contributed by atoms with Crippen LogP contribution >= 0.6 is 15.9 Å². The molecule has 0 fully saturated rings. The van der Waals surface area contributed by atoms with Gasteiger partial charge in [0.25, 0.3) is 0 Å². The van der Waals surface area contributed by atoms with Crippen LogP contribution in [0.2, 0.25) is 0 Å². The lowest BCUT2D eigenvalue weighted by Crippen LogP contribution is -2.13. The molecular weight excluding hydrogens is 258 g/mol. The van der Waals surface area contributed by atoms with Gasteiger partial charge in [-0.25, -0.2) is 4.79 Å². The molecule has 0 aliphatic carbocycles. The Balaban J connectivity index is 2.29. The highest BCUT2D eigenvalue weighted by Crippen LogP contribution is 2.10. The van der Waals surface area contributed by atoms with E-state index in [0.717, 1.165) is 22.7 Å². The summed E-state index contributed by atoms with van der Waals surface area (Å²) in [5, 5.41) is 11.5. The summed E-state index contributed by atoms with van der Waals surface area (Å²) in [5.41, 5.74) is 1.16. The Bertz CT molecular complexity index is 363. The minimum absolute atomic E-state index is 0.554. The summed E-state index contributed by atoms with van der Waals surface area (Å²) in [6, 6.07) is 7.97. The molecule has 0 atom stereocenters. The summed E-state index contributed by atoms with van der Waals surface area (Å²) in [6.45, 7) is 1.28. The van der Waals surface area contributed by atoms with Gasteiger partial charge in [0, 0.05) is 23.6 Å². The predicted octanol–water partition coefficient (Wildman–Crippen LogP) is 2.18. The molecule has 0 heterocycles. The van der Waals surface area contributed by atoms with E-state index in [2.05, 4.69) is 21.2 Å². The first-order valence-corrected chi connectivity index (χ1v) is 5.32. The van der Waals surface area contributed by atoms with Gasteiger partial charge in [-0.05, 0) is 17.7 Å². The van der Waals surface area contributed by atoms with Crippen molar-refractivity contribution in [1.29, 1.82) is 0 Å². The predicted molar refractivity (Wildman–Crippen MR) is 62.6 cm³/mol. The zero-order valence-electron chi connectivity index (χ0n) is 8.11. The smallest absolute Gasteiger partial charge is 0.328 e. The van der Waals surface area contributed by atoms with Crippen LogP contribution in [0.1, 0.15) is 5.56 Å². The lowest BCUT2D eigenvalue weighted by atomic mass is 10.2. The number of carboxylic acid groups (broad SMARTS) is 1. The molecule has 1 aromatic carbocycles. The molecule has 1 aromatic rings. The van der Waals surface area contributed by atoms with Gasteiger partial charge in [-0.3, -0.25) is 0 Å². The van der Waals surface area contributed by atoms with Gasteiger partial charge in [0.15, 0.2) is 0 Å². The summed E-state index contributed by atoms with van der Waals surface area (Å²) in [4.78, 5) is 10.2. The summed E-state index contributed by atoms with van der Waals surface area (Å²) in [5.74, 6) is -0.917. The van der Waals surface area contributed by atoms with Crippen molar-refractivity contribution in [3.63, 3.8) is 0 Å². The van der Waals surface area contributed by atoms with Crippen molar-refractivity contribution in [3.05, 3.63) is 46.5 Å². The molecular formula is C11H12BrNO2. The second-order valence-electron chi connectivity index (χ2n) is 3.00. The Morgan fingerprint density at radius 2 is 2.33 bits per heavy atom. The number of carbonyl (C=O) groups is 1. The SMILES string of the molecule is O=C(O)/C=C/CNCc1cccc(Br)c1. The lowest BCUT2D eigenvalue weighted by Gasteiger charge is -2.02. The van der Waals surface area contributed by atoms with E-state index >= 15 is 0 Å². The van der Waals surface area contributed by atoms with Crippen LogP contribution in [0, 0.1) is 0 Å². The third-order valence-corrected chi connectivity index (χ3v) is 2.23. The summed E-state index contributed by atoms with van der Waals surface area (Å²) < 4.78 is 1.04. The van der Waals surface area contributed by atoms with Crippen LogP contribution in [0.25, 0.3) is 0 Å². The number of nitrogens with one attached hydrogen (secondary N) is 1. The molecule has 0 spiro atoms. The van der Waals surface area contributed by atoms with Gasteiger partial charge in [-0.15, -0.1) is 0 Å². The minimum atomic E-state index is -0.917. The summed E-state index contributed by atoms with van der Waals surface area (Å²) in [6.07, 6.45) is 2.72. The van der Waals surface area contributed by atoms with Crippen molar-refractivity contribution in [2.45, 2.75) is 6.54 Å². The maximum Gasteiger partial charge on any atom is 0.328 e. The molecule has 0 aliphatic rings. The molecule has 4 heteroatoms. The quantitative estimate of drug-likeness (QED) is 0.637. The van der Waals surface area contributed by atoms with Gasteiger partial charge >= 0.3 is 5.97 Å². The summed E-state index contributed by atoms with van der Waals surface area (Å²) in [7, 11) is 0. The third kappa shape index (κ3) is 5.34. The molecule has 0 saturated carbocycles. The van der Waals surface area contributed by atoms with Crippen LogP contribution in [0.3, 0.4) is 0 Å². The van der Waals surface area contributed by atoms with Crippen molar-refractivity contribution >= 4 is 21.9 Å². The molecule has 3 nitrogen and oxygen atoms in total. The van der Waals surface area contributed by atoms with E-state index in [1.165, 1.54) is 0 Å². The Labute approximate surface area is 96.9 Å². The van der Waals surface area contributed by atoms with E-state index < -0.39 is 5.97 Å². The van der Waals surface area contributed by atoms with Crippen LogP contribution in [0.4, 0.5) is 0 Å². The Kier molecular flexibility index (Phi) is 5.07. The number of halogens is 1. The lowest BCUT2D eigenvalue weighted by molar-refractivity contribution is -0.131. The van der Waals surface area contributed by atoms with Crippen LogP contribution in [-0.4, -0.2) is 17.6 Å². The number of hydrogen-bond donors (Lipinski definition) is 2. The molecule has 15 heavy (non-hydrogen) atoms. The minimum Gasteiger partial charge on any atom is -0.478 e. The molecule has 0 aliphatic heterocycles. The largest absolute Gasteiger partial charge is 0.478 e. The van der Waals surface area contributed by atoms with Crippen LogP contribution < -0.4 is 5.32 Å². The topological polar surface area (TPSA) is 49.3 Å². The fourth-order valence-corrected chi connectivity index (χ4v) is 1.55. The van der Waals surface area contributed by atoms with Gasteiger partial charge < -0.3 is 10.4 Å². The van der Waals surface area contributed by atoms with Crippen molar-refractivity contribution < 1.29 is 9.90 Å². The first-order chi connectivity index (χ1) is 7.18. The molecule has 2 N–H and O–H groups in total. The van der Waals surface area contributed by atoms with E-state index in [4.69, 9.17) is 5.11 Å². The van der Waals surface area contributed by atoms with Gasteiger partial charge in [-0.1, -0.05) is 34.1 Å². The van der Waals surface area contributed by atoms with Crippen molar-refractivity contribution in [3.8, 4) is 0 Å². The zero-order chi connectivity index (χ0) is 11.1. The van der Waals surface area contributed by atoms with E-state index in [0.29, 0.717) is 6.54 Å². The first kappa shape index (κ1) is 11.9. The number of hydrogen-bond acceptors (Lipinski definition) is 2. The average Bonchev–Trinajstić information content (AvgIpc) is 2.17. The molecule has 0 amide bonds. The van der Waals surface area contributed by atoms with Crippen LogP contribution in [-0.2, 0) is 11.3 Å². The standard InChI is InChI=1S/C11H12BrNO2/c12-10-4-1-3-9(7-10)8-13-6-2-5-11(14)15/h1-5,7,13H,6,8H2,(H,14,15)/b5-2+. The van der Waals surface area contributed by atoms with Crippen LogP contribution in [0.15, 0.2) is 40.9 Å². The van der Waals surface area contributed by atoms with E-state index in [1.54, 1.807) is 6.08 Å². The van der Waals surface area contributed by atoms with Gasteiger partial charge in [-0.2, -0.15) is 0 Å². The first-order valence-electron chi connectivity index (χ1n) is 4.53. The monoisotopic (exact) mass is 269 g/mol. The number of rotatable bonds is 5. The highest BCUT2D eigenvalue weighted by molar-refractivity contribution is 9.10. The second-order valence-corrected chi connectivity index (χ2v) is 3.92. The zero-order valence-corrected chi connectivity index (χ0v) is 9.70. The van der Waals surface area contributed by atoms with Gasteiger partial charge in [0.1, 0.15) is 0 Å². The Morgan fingerprint density at radius 1 is 1.53 bits per heavy atom. The van der Waals surface area contributed by atoms with Crippen molar-refractivity contribution in [2.75, 3.05) is 6.54 Å². The number of benzene rings is 1. The molecule has 0 radical (unpaired) electrons. The van der Waals surface area contributed by atoms with E-state index in [9.17, 15) is 4.79 Å². The van der Waals surface area contributed by atoms with Gasteiger partial charge in [0.2, 0.25) is 0 Å². The molecule has 0 bridgehead atoms. The Hall–Kier alpha value is -1.13. The Morgan fingerprint density at radius 3 is 3.00 bits per heavy atom. The fraction of sp³-hybridized carbons (Fsp3) is 0.182. The molecule has 1 rings (SSSR count). The fourth-order valence-electron chi connectivity index (χ4n) is 1.11. The maximum atomic E-state index is 10.2. The van der Waals surface area contributed by atoms with Gasteiger partial charge in [0.05, 0.1) is 0 Å². The molecule has 0 unspecified atom stereocenters. The maximum absolute atomic E-state index is 10.2. The molecule has 80 valence electrons. The summed E-state index contributed by atoms with van der Waals surface area (Å²) >= 11 is 3.38. The highest BCUT2D eigenvalue weighted by Gasteiger charge is 1.92. The molecule has 0 aromatic heterocycles. The average molecular weight is 270 g/mol. The highest BCUT2D eigenvalue weighted by atomic mass is 79.9. The van der Waals surface area contributed by atoms with Crippen molar-refractivity contribution in [1.82, 2.24) is 5.32 Å². The second kappa shape index (κ2) is 6.37. The normalized spacial score (nSPS) is 10.7. The number of aliphatic carboxylic acids is 1. The van der Waals surface area contributed by atoms with Crippen molar-refractivity contribution in [2.24, 2.45) is 0 Å². The van der Waals surface area contributed by atoms with Crippen LogP contribution in [0.5, 0.6) is 0 Å². The van der Waals surface area contributed by atoms with E-state index in [-0.39, 0.29) is 0 Å². The molecule has 0 saturated heterocycles. The number of carboxylic acids is 1. The van der Waals surface area contributed by atoms with E-state index in [1.807, 2.05) is 24.3 Å².